The number of carbonyl (C=O) groups excluding carboxylic acids is 1. The number of carbonyl (C=O) groups is 1. The Bertz CT molecular complexity index is 613. The zero-order chi connectivity index (χ0) is 15.2. The van der Waals surface area contributed by atoms with Crippen LogP contribution in [0.4, 0.5) is 0 Å². The van der Waals surface area contributed by atoms with E-state index >= 15 is 0 Å². The average molecular weight is 370 g/mol. The number of alkyl halides is 1. The first-order valence-corrected chi connectivity index (χ1v) is 7.79. The highest BCUT2D eigenvalue weighted by atomic mass is 79.9. The summed E-state index contributed by atoms with van der Waals surface area (Å²) in [4.78, 5) is 12.0. The van der Waals surface area contributed by atoms with E-state index in [1.165, 1.54) is 7.11 Å². The lowest BCUT2D eigenvalue weighted by molar-refractivity contribution is -0.149. The molecule has 3 nitrogen and oxygen atoms in total. The maximum absolute atomic E-state index is 12.0. The second-order valence-corrected chi connectivity index (χ2v) is 5.29. The number of hydrogen-bond donors (Lipinski definition) is 0. The molecule has 2 rings (SSSR count). The van der Waals surface area contributed by atoms with Crippen LogP contribution >= 0.6 is 27.5 Å². The predicted octanol–water partition coefficient (Wildman–Crippen LogP) is 4.53. The van der Waals surface area contributed by atoms with Crippen molar-refractivity contribution in [2.75, 3.05) is 7.11 Å². The molecule has 0 N–H and O–H groups in total. The molecule has 0 aromatic heterocycles. The van der Waals surface area contributed by atoms with Crippen molar-refractivity contribution < 1.29 is 14.3 Å². The van der Waals surface area contributed by atoms with Crippen molar-refractivity contribution in [3.63, 3.8) is 0 Å². The van der Waals surface area contributed by atoms with E-state index in [0.29, 0.717) is 16.3 Å². The number of hydrogen-bond acceptors (Lipinski definition) is 3. The van der Waals surface area contributed by atoms with Crippen molar-refractivity contribution in [1.29, 1.82) is 0 Å². The van der Waals surface area contributed by atoms with Crippen LogP contribution in [0.2, 0.25) is 5.02 Å². The van der Waals surface area contributed by atoms with Gasteiger partial charge in [-0.15, -0.1) is 0 Å². The predicted molar refractivity (Wildman–Crippen MR) is 85.9 cm³/mol. The van der Waals surface area contributed by atoms with E-state index in [4.69, 9.17) is 21.1 Å². The maximum atomic E-state index is 12.0. The van der Waals surface area contributed by atoms with Crippen LogP contribution in [0, 0.1) is 0 Å². The second kappa shape index (κ2) is 7.48. The van der Waals surface area contributed by atoms with E-state index in [-0.39, 0.29) is 0 Å². The van der Waals surface area contributed by atoms with E-state index in [9.17, 15) is 4.79 Å². The molecule has 1 unspecified atom stereocenters. The molecule has 2 aromatic carbocycles. The molecule has 0 saturated heterocycles. The Hall–Kier alpha value is -1.52. The summed E-state index contributed by atoms with van der Waals surface area (Å²) in [6.07, 6.45) is -0.890. The lowest BCUT2D eigenvalue weighted by atomic mass is 10.1. The SMILES string of the molecule is COC(=O)C(Oc1ccc(CBr)cc1)c1ccccc1Cl. The molecule has 110 valence electrons. The van der Waals surface area contributed by atoms with Gasteiger partial charge in [0.2, 0.25) is 6.10 Å². The zero-order valence-corrected chi connectivity index (χ0v) is 13.7. The van der Waals surface area contributed by atoms with Gasteiger partial charge < -0.3 is 9.47 Å². The van der Waals surface area contributed by atoms with Gasteiger partial charge in [-0.1, -0.05) is 57.9 Å². The summed E-state index contributed by atoms with van der Waals surface area (Å²) in [6.45, 7) is 0. The summed E-state index contributed by atoms with van der Waals surface area (Å²) in [5.41, 5.74) is 1.70. The van der Waals surface area contributed by atoms with Crippen molar-refractivity contribution in [2.45, 2.75) is 11.4 Å². The van der Waals surface area contributed by atoms with Crippen molar-refractivity contribution in [3.8, 4) is 5.75 Å². The molecule has 0 bridgehead atoms. The number of rotatable bonds is 5. The van der Waals surface area contributed by atoms with Crippen LogP contribution in [-0.4, -0.2) is 13.1 Å². The molecule has 0 aliphatic carbocycles. The molecule has 0 aliphatic rings. The Labute approximate surface area is 137 Å². The monoisotopic (exact) mass is 368 g/mol. The molecule has 0 heterocycles. The van der Waals surface area contributed by atoms with E-state index in [1.54, 1.807) is 24.3 Å². The highest BCUT2D eigenvalue weighted by Gasteiger charge is 2.25. The summed E-state index contributed by atoms with van der Waals surface area (Å²) in [5, 5.41) is 1.23. The van der Waals surface area contributed by atoms with Gasteiger partial charge in [-0.2, -0.15) is 0 Å². The molecule has 0 aliphatic heterocycles. The first-order valence-electron chi connectivity index (χ1n) is 6.29. The molecule has 0 saturated carbocycles. The Morgan fingerprint density at radius 3 is 2.43 bits per heavy atom. The van der Waals surface area contributed by atoms with Crippen LogP contribution < -0.4 is 4.74 Å². The second-order valence-electron chi connectivity index (χ2n) is 4.32. The first kappa shape index (κ1) is 15.9. The van der Waals surface area contributed by atoms with Gasteiger partial charge in [0.15, 0.2) is 0 Å². The van der Waals surface area contributed by atoms with Crippen LogP contribution in [0.25, 0.3) is 0 Å². The third-order valence-corrected chi connectivity index (χ3v) is 3.93. The van der Waals surface area contributed by atoms with E-state index in [0.717, 1.165) is 10.9 Å². The number of methoxy groups -OCH3 is 1. The van der Waals surface area contributed by atoms with Gasteiger partial charge in [-0.05, 0) is 23.8 Å². The van der Waals surface area contributed by atoms with E-state index in [2.05, 4.69) is 15.9 Å². The fraction of sp³-hybridized carbons (Fsp3) is 0.188. The summed E-state index contributed by atoms with van der Waals surface area (Å²) >= 11 is 9.52. The summed E-state index contributed by atoms with van der Waals surface area (Å²) in [5.74, 6) is 0.0858. The molecule has 0 amide bonds. The van der Waals surface area contributed by atoms with Crippen molar-refractivity contribution >= 4 is 33.5 Å². The normalized spacial score (nSPS) is 11.8. The molecular formula is C16H14BrClO3. The molecule has 5 heteroatoms. The highest BCUT2D eigenvalue weighted by molar-refractivity contribution is 9.08. The summed E-state index contributed by atoms with van der Waals surface area (Å²) in [7, 11) is 1.32. The Kier molecular flexibility index (Phi) is 5.65. The van der Waals surface area contributed by atoms with Gasteiger partial charge in [0.25, 0.3) is 0 Å². The van der Waals surface area contributed by atoms with Gasteiger partial charge in [-0.3, -0.25) is 0 Å². The third kappa shape index (κ3) is 3.99. The fourth-order valence-electron chi connectivity index (χ4n) is 1.83. The first-order chi connectivity index (χ1) is 10.2. The van der Waals surface area contributed by atoms with Crippen molar-refractivity contribution in [2.24, 2.45) is 0 Å². The Morgan fingerprint density at radius 1 is 1.19 bits per heavy atom. The van der Waals surface area contributed by atoms with E-state index < -0.39 is 12.1 Å². The highest BCUT2D eigenvalue weighted by Crippen LogP contribution is 2.28. The lowest BCUT2D eigenvalue weighted by Gasteiger charge is -2.18. The van der Waals surface area contributed by atoms with Gasteiger partial charge in [0.05, 0.1) is 7.11 Å². The minimum Gasteiger partial charge on any atom is -0.474 e. The third-order valence-electron chi connectivity index (χ3n) is 2.93. The van der Waals surface area contributed by atoms with Crippen LogP contribution in [-0.2, 0) is 14.9 Å². The topological polar surface area (TPSA) is 35.5 Å². The number of benzene rings is 2. The molecule has 1 atom stereocenters. The number of halogens is 2. The number of ether oxygens (including phenoxy) is 2. The molecule has 21 heavy (non-hydrogen) atoms. The smallest absolute Gasteiger partial charge is 0.351 e. The van der Waals surface area contributed by atoms with Crippen LogP contribution in [0.1, 0.15) is 17.2 Å². The molecule has 0 radical (unpaired) electrons. The fourth-order valence-corrected chi connectivity index (χ4v) is 2.44. The molecule has 2 aromatic rings. The van der Waals surface area contributed by atoms with Gasteiger partial charge in [0, 0.05) is 15.9 Å². The zero-order valence-electron chi connectivity index (χ0n) is 11.4. The summed E-state index contributed by atoms with van der Waals surface area (Å²) in [6, 6.07) is 14.5. The van der Waals surface area contributed by atoms with Crippen molar-refractivity contribution in [3.05, 3.63) is 64.7 Å². The van der Waals surface area contributed by atoms with Gasteiger partial charge >= 0.3 is 5.97 Å². The Morgan fingerprint density at radius 2 is 1.86 bits per heavy atom. The van der Waals surface area contributed by atoms with Crippen molar-refractivity contribution in [1.82, 2.24) is 0 Å². The quantitative estimate of drug-likeness (QED) is 0.574. The van der Waals surface area contributed by atoms with Crippen LogP contribution in [0.15, 0.2) is 48.5 Å². The minimum atomic E-state index is -0.890. The maximum Gasteiger partial charge on any atom is 0.351 e. The standard InChI is InChI=1S/C16H14BrClO3/c1-20-16(19)15(13-4-2-3-5-14(13)18)21-12-8-6-11(10-17)7-9-12/h2-9,15H,10H2,1H3. The van der Waals surface area contributed by atoms with Crippen LogP contribution in [0.3, 0.4) is 0 Å². The largest absolute Gasteiger partial charge is 0.474 e. The minimum absolute atomic E-state index is 0.463. The van der Waals surface area contributed by atoms with Gasteiger partial charge in [0.1, 0.15) is 5.75 Å². The van der Waals surface area contributed by atoms with Gasteiger partial charge in [-0.25, -0.2) is 4.79 Å². The molecule has 0 fully saturated rings. The Balaban J connectivity index is 2.28. The van der Waals surface area contributed by atoms with E-state index in [1.807, 2.05) is 24.3 Å². The summed E-state index contributed by atoms with van der Waals surface area (Å²) < 4.78 is 10.6. The molecule has 0 spiro atoms. The van der Waals surface area contributed by atoms with Crippen LogP contribution in [0.5, 0.6) is 5.75 Å². The number of esters is 1. The molecular weight excluding hydrogens is 356 g/mol. The lowest BCUT2D eigenvalue weighted by Crippen LogP contribution is -2.20. The average Bonchev–Trinajstić information content (AvgIpc) is 2.53.